The Labute approximate surface area is 139 Å². The topological polar surface area (TPSA) is 49.7 Å². The van der Waals surface area contributed by atoms with Gasteiger partial charge in [0.1, 0.15) is 0 Å². The van der Waals surface area contributed by atoms with Crippen molar-refractivity contribution in [2.45, 2.75) is 64.3 Å². The van der Waals surface area contributed by atoms with Gasteiger partial charge in [-0.15, -0.1) is 0 Å². The van der Waals surface area contributed by atoms with Crippen molar-refractivity contribution in [1.82, 2.24) is 0 Å². The van der Waals surface area contributed by atoms with Crippen LogP contribution in [0.2, 0.25) is 0 Å². The van der Waals surface area contributed by atoms with E-state index in [0.29, 0.717) is 17.8 Å². The average Bonchev–Trinajstić information content (AvgIpc) is 2.80. The van der Waals surface area contributed by atoms with Gasteiger partial charge in [0.15, 0.2) is 5.79 Å². The number of aliphatic hydroxyl groups is 2. The van der Waals surface area contributed by atoms with Gasteiger partial charge in [0.05, 0.1) is 6.10 Å². The molecule has 0 saturated heterocycles. The minimum Gasteiger partial charge on any atom is -0.389 e. The number of aliphatic hydroxyl groups excluding tert-OH is 1. The number of fused-ring (bicyclic) bond motifs is 5. The van der Waals surface area contributed by atoms with Crippen LogP contribution in [0.15, 0.2) is 23.8 Å². The first-order valence-electron chi connectivity index (χ1n) is 9.18. The SMILES string of the molecule is CO[C@]1(O)CC[C@H]2[C@@H]3CC=C4C[C@@H](O)C=C[C@]4(C)[C@H]3CC[C@@]21C. The van der Waals surface area contributed by atoms with Crippen LogP contribution in [0.4, 0.5) is 0 Å². The zero-order chi connectivity index (χ0) is 16.5. The minimum absolute atomic E-state index is 0.0945. The molecule has 0 heterocycles. The van der Waals surface area contributed by atoms with E-state index in [4.69, 9.17) is 4.74 Å². The molecule has 2 saturated carbocycles. The standard InChI is InChI=1S/C20H30O3/c1-18-9-6-14(21)12-13(18)4-5-15-16(18)7-10-19(2)17(15)8-11-20(19,22)23-3/h4,6,9,14-17,21-22H,5,7-8,10-12H2,1-3H3/t14-,15+,16-,17-,18-,19-,20+/m0/s1. The zero-order valence-corrected chi connectivity index (χ0v) is 14.6. The largest absolute Gasteiger partial charge is 0.389 e. The fraction of sp³-hybridized carbons (Fsp3) is 0.800. The molecule has 0 aromatic carbocycles. The fourth-order valence-electron chi connectivity index (χ4n) is 6.54. The summed E-state index contributed by atoms with van der Waals surface area (Å²) >= 11 is 0. The highest BCUT2D eigenvalue weighted by molar-refractivity contribution is 5.33. The Kier molecular flexibility index (Phi) is 3.40. The molecular formula is C20H30O3. The van der Waals surface area contributed by atoms with Gasteiger partial charge in [-0.3, -0.25) is 0 Å². The first kappa shape index (κ1) is 15.9. The summed E-state index contributed by atoms with van der Waals surface area (Å²) in [7, 11) is 1.66. The first-order chi connectivity index (χ1) is 10.8. The summed E-state index contributed by atoms with van der Waals surface area (Å²) in [6.45, 7) is 4.60. The maximum absolute atomic E-state index is 11.0. The average molecular weight is 318 g/mol. The van der Waals surface area contributed by atoms with Crippen molar-refractivity contribution in [3.63, 3.8) is 0 Å². The first-order valence-corrected chi connectivity index (χ1v) is 9.18. The normalized spacial score (nSPS) is 54.9. The number of ether oxygens (including phenoxy) is 1. The van der Waals surface area contributed by atoms with Crippen LogP contribution in [-0.4, -0.2) is 29.2 Å². The van der Waals surface area contributed by atoms with Crippen molar-refractivity contribution in [2.24, 2.45) is 28.6 Å². The van der Waals surface area contributed by atoms with Gasteiger partial charge in [0, 0.05) is 24.4 Å². The van der Waals surface area contributed by atoms with Gasteiger partial charge >= 0.3 is 0 Å². The van der Waals surface area contributed by atoms with Gasteiger partial charge in [0.25, 0.3) is 0 Å². The second kappa shape index (κ2) is 4.93. The molecule has 4 rings (SSSR count). The number of hydrogen-bond acceptors (Lipinski definition) is 3. The highest BCUT2D eigenvalue weighted by Crippen LogP contribution is 2.66. The van der Waals surface area contributed by atoms with Crippen LogP contribution >= 0.6 is 0 Å². The Hall–Kier alpha value is -0.640. The molecule has 23 heavy (non-hydrogen) atoms. The summed E-state index contributed by atoms with van der Waals surface area (Å²) in [4.78, 5) is 0. The summed E-state index contributed by atoms with van der Waals surface area (Å²) in [6, 6.07) is 0. The lowest BCUT2D eigenvalue weighted by Crippen LogP contribution is -2.54. The Morgan fingerprint density at radius 1 is 1.17 bits per heavy atom. The van der Waals surface area contributed by atoms with Gasteiger partial charge < -0.3 is 14.9 Å². The molecule has 0 amide bonds. The molecule has 0 aliphatic heterocycles. The molecule has 0 radical (unpaired) electrons. The van der Waals surface area contributed by atoms with Crippen LogP contribution in [0.25, 0.3) is 0 Å². The molecule has 3 nitrogen and oxygen atoms in total. The Bertz CT molecular complexity index is 567. The highest BCUT2D eigenvalue weighted by atomic mass is 16.6. The zero-order valence-electron chi connectivity index (χ0n) is 14.6. The van der Waals surface area contributed by atoms with Crippen molar-refractivity contribution in [2.75, 3.05) is 7.11 Å². The van der Waals surface area contributed by atoms with Crippen LogP contribution in [0.5, 0.6) is 0 Å². The Morgan fingerprint density at radius 3 is 2.65 bits per heavy atom. The molecule has 7 atom stereocenters. The van der Waals surface area contributed by atoms with Crippen LogP contribution in [0, 0.1) is 28.6 Å². The maximum atomic E-state index is 11.0. The summed E-state index contributed by atoms with van der Waals surface area (Å²) in [6.07, 6.45) is 12.2. The van der Waals surface area contributed by atoms with E-state index in [9.17, 15) is 10.2 Å². The van der Waals surface area contributed by atoms with E-state index in [2.05, 4.69) is 26.0 Å². The maximum Gasteiger partial charge on any atom is 0.170 e. The molecular weight excluding hydrogens is 288 g/mol. The third kappa shape index (κ3) is 1.93. The van der Waals surface area contributed by atoms with Gasteiger partial charge in [-0.05, 0) is 49.9 Å². The van der Waals surface area contributed by atoms with Crippen molar-refractivity contribution < 1.29 is 14.9 Å². The van der Waals surface area contributed by atoms with E-state index in [-0.39, 0.29) is 16.9 Å². The lowest BCUT2D eigenvalue weighted by Gasteiger charge is -2.57. The number of hydrogen-bond donors (Lipinski definition) is 2. The summed E-state index contributed by atoms with van der Waals surface area (Å²) in [5, 5.41) is 21.0. The second-order valence-corrected chi connectivity index (χ2v) is 8.74. The number of allylic oxidation sites excluding steroid dienone is 2. The van der Waals surface area contributed by atoms with Gasteiger partial charge in [-0.25, -0.2) is 0 Å². The van der Waals surface area contributed by atoms with Crippen LogP contribution in [0.3, 0.4) is 0 Å². The molecule has 0 spiro atoms. The molecule has 4 aliphatic carbocycles. The van der Waals surface area contributed by atoms with E-state index in [1.165, 1.54) is 5.57 Å². The van der Waals surface area contributed by atoms with Gasteiger partial charge in [-0.1, -0.05) is 37.6 Å². The minimum atomic E-state index is -0.952. The Balaban J connectivity index is 1.70. The van der Waals surface area contributed by atoms with Crippen LogP contribution < -0.4 is 0 Å². The lowest BCUT2D eigenvalue weighted by atomic mass is 9.49. The van der Waals surface area contributed by atoms with Gasteiger partial charge in [0.2, 0.25) is 0 Å². The van der Waals surface area contributed by atoms with Crippen LogP contribution in [0.1, 0.15) is 52.4 Å². The van der Waals surface area contributed by atoms with E-state index in [1.54, 1.807) is 7.11 Å². The molecule has 4 aliphatic rings. The molecule has 3 heteroatoms. The molecule has 128 valence electrons. The van der Waals surface area contributed by atoms with E-state index >= 15 is 0 Å². The van der Waals surface area contributed by atoms with Crippen molar-refractivity contribution in [3.05, 3.63) is 23.8 Å². The summed E-state index contributed by atoms with van der Waals surface area (Å²) in [5.74, 6) is 0.822. The van der Waals surface area contributed by atoms with E-state index < -0.39 is 5.79 Å². The molecule has 0 unspecified atom stereocenters. The monoisotopic (exact) mass is 318 g/mol. The highest BCUT2D eigenvalue weighted by Gasteiger charge is 2.63. The van der Waals surface area contributed by atoms with Crippen molar-refractivity contribution >= 4 is 0 Å². The van der Waals surface area contributed by atoms with Crippen molar-refractivity contribution in [3.8, 4) is 0 Å². The molecule has 2 fully saturated rings. The molecule has 2 N–H and O–H groups in total. The van der Waals surface area contributed by atoms with E-state index in [1.807, 2.05) is 6.08 Å². The third-order valence-electron chi connectivity index (χ3n) is 8.04. The Morgan fingerprint density at radius 2 is 1.91 bits per heavy atom. The molecule has 0 aromatic heterocycles. The predicted molar refractivity (Wildman–Crippen MR) is 89.6 cm³/mol. The fourth-order valence-corrected chi connectivity index (χ4v) is 6.54. The number of rotatable bonds is 1. The van der Waals surface area contributed by atoms with Crippen molar-refractivity contribution in [1.29, 1.82) is 0 Å². The molecule has 0 bridgehead atoms. The quantitative estimate of drug-likeness (QED) is 0.575. The lowest BCUT2D eigenvalue weighted by molar-refractivity contribution is -0.262. The third-order valence-corrected chi connectivity index (χ3v) is 8.04. The van der Waals surface area contributed by atoms with E-state index in [0.717, 1.165) is 38.5 Å². The molecule has 0 aromatic rings. The smallest absolute Gasteiger partial charge is 0.170 e. The predicted octanol–water partition coefficient (Wildman–Crippen LogP) is 3.42. The second-order valence-electron chi connectivity index (χ2n) is 8.74. The summed E-state index contributed by atoms with van der Waals surface area (Å²) in [5.41, 5.74) is 1.40. The van der Waals surface area contributed by atoms with Crippen LogP contribution in [-0.2, 0) is 4.74 Å². The van der Waals surface area contributed by atoms with Gasteiger partial charge in [-0.2, -0.15) is 0 Å². The summed E-state index contributed by atoms with van der Waals surface area (Å²) < 4.78 is 5.59. The number of methoxy groups -OCH3 is 1.